The zero-order valence-electron chi connectivity index (χ0n) is 29.5. The Labute approximate surface area is 268 Å². The molecule has 1 amide bonds. The standard InChI is InChI=1S/C37H62N6O/c1-29(25-39-36(5,6)7)42-26-33(38-28-42)31-14-12-30(13-15-31)11-10-18-37(8,9)43-23-21-41(22-24-43)34(44)32-16-19-40(20-17-32)27-35(2,3)4/h12-15,26,28-29,32,39H,10-11,16-25,27H2,1-9H3/t29-/m1/s1. The molecule has 0 saturated carbocycles. The molecule has 44 heavy (non-hydrogen) atoms. The first-order valence-electron chi connectivity index (χ1n) is 17.2. The molecule has 1 N–H and O–H groups in total. The summed E-state index contributed by atoms with van der Waals surface area (Å²) in [4.78, 5) is 25.3. The fourth-order valence-electron chi connectivity index (χ4n) is 6.81. The van der Waals surface area contributed by atoms with Gasteiger partial charge in [-0.1, -0.05) is 45.0 Å². The molecule has 1 aromatic heterocycles. The minimum atomic E-state index is 0.113. The summed E-state index contributed by atoms with van der Waals surface area (Å²) >= 11 is 0. The van der Waals surface area contributed by atoms with E-state index in [2.05, 4.69) is 122 Å². The fraction of sp³-hybridized carbons (Fsp3) is 0.730. The Morgan fingerprint density at radius 3 is 2.16 bits per heavy atom. The number of carbonyl (C=O) groups excluding carboxylic acids is 1. The van der Waals surface area contributed by atoms with Crippen LogP contribution in [-0.4, -0.2) is 93.6 Å². The Morgan fingerprint density at radius 2 is 1.57 bits per heavy atom. The zero-order chi connectivity index (χ0) is 32.1. The number of imidazole rings is 1. The van der Waals surface area contributed by atoms with Crippen molar-refractivity contribution in [1.82, 2.24) is 29.6 Å². The van der Waals surface area contributed by atoms with Crippen molar-refractivity contribution < 1.29 is 4.79 Å². The van der Waals surface area contributed by atoms with Gasteiger partial charge < -0.3 is 19.7 Å². The summed E-state index contributed by atoms with van der Waals surface area (Å²) in [6, 6.07) is 9.32. The van der Waals surface area contributed by atoms with E-state index in [-0.39, 0.29) is 17.0 Å². The van der Waals surface area contributed by atoms with Crippen LogP contribution in [0.3, 0.4) is 0 Å². The number of hydrogen-bond donors (Lipinski definition) is 1. The molecule has 0 radical (unpaired) electrons. The number of aryl methyl sites for hydroxylation is 1. The van der Waals surface area contributed by atoms with Gasteiger partial charge in [-0.05, 0) is 97.7 Å². The highest BCUT2D eigenvalue weighted by atomic mass is 16.2. The molecule has 7 heteroatoms. The zero-order valence-corrected chi connectivity index (χ0v) is 29.5. The number of rotatable bonds is 11. The number of hydrogen-bond acceptors (Lipinski definition) is 5. The molecule has 4 rings (SSSR count). The molecule has 7 nitrogen and oxygen atoms in total. The van der Waals surface area contributed by atoms with Crippen LogP contribution in [0.5, 0.6) is 0 Å². The van der Waals surface area contributed by atoms with E-state index in [0.717, 1.165) is 90.2 Å². The van der Waals surface area contributed by atoms with Crippen LogP contribution in [0.2, 0.25) is 0 Å². The van der Waals surface area contributed by atoms with E-state index in [9.17, 15) is 4.79 Å². The predicted molar refractivity (Wildman–Crippen MR) is 184 cm³/mol. The van der Waals surface area contributed by atoms with E-state index < -0.39 is 0 Å². The first-order chi connectivity index (χ1) is 20.6. The van der Waals surface area contributed by atoms with Crippen LogP contribution in [0.15, 0.2) is 36.8 Å². The molecule has 0 spiro atoms. The average molecular weight is 607 g/mol. The Balaban J connectivity index is 1.18. The van der Waals surface area contributed by atoms with Gasteiger partial charge in [0, 0.05) is 74.1 Å². The van der Waals surface area contributed by atoms with Gasteiger partial charge in [0.2, 0.25) is 5.91 Å². The highest BCUT2D eigenvalue weighted by molar-refractivity contribution is 5.79. The lowest BCUT2D eigenvalue weighted by Gasteiger charge is -2.45. The van der Waals surface area contributed by atoms with E-state index in [0.29, 0.717) is 17.4 Å². The van der Waals surface area contributed by atoms with Gasteiger partial charge in [-0.25, -0.2) is 4.98 Å². The van der Waals surface area contributed by atoms with E-state index >= 15 is 0 Å². The van der Waals surface area contributed by atoms with E-state index in [1.807, 2.05) is 6.33 Å². The van der Waals surface area contributed by atoms with Crippen molar-refractivity contribution in [3.05, 3.63) is 42.4 Å². The Morgan fingerprint density at radius 1 is 0.932 bits per heavy atom. The molecule has 2 aliphatic heterocycles. The molecule has 3 heterocycles. The number of likely N-dealkylation sites (tertiary alicyclic amines) is 1. The molecule has 246 valence electrons. The van der Waals surface area contributed by atoms with Gasteiger partial charge in [0.25, 0.3) is 0 Å². The molecule has 0 unspecified atom stereocenters. The lowest BCUT2D eigenvalue weighted by molar-refractivity contribution is -0.139. The predicted octanol–water partition coefficient (Wildman–Crippen LogP) is 6.50. The number of amides is 1. The largest absolute Gasteiger partial charge is 0.340 e. The topological polar surface area (TPSA) is 56.6 Å². The van der Waals surface area contributed by atoms with Crippen molar-refractivity contribution in [2.45, 2.75) is 112 Å². The summed E-state index contributed by atoms with van der Waals surface area (Å²) in [5.74, 6) is 0.618. The Kier molecular flexibility index (Phi) is 11.4. The van der Waals surface area contributed by atoms with Gasteiger partial charge >= 0.3 is 0 Å². The van der Waals surface area contributed by atoms with Crippen molar-refractivity contribution >= 4 is 5.91 Å². The third-order valence-electron chi connectivity index (χ3n) is 9.62. The molecule has 0 aliphatic carbocycles. The van der Waals surface area contributed by atoms with Crippen LogP contribution >= 0.6 is 0 Å². The molecule has 1 aromatic carbocycles. The molecule has 2 fully saturated rings. The van der Waals surface area contributed by atoms with Crippen molar-refractivity contribution in [3.8, 4) is 11.3 Å². The van der Waals surface area contributed by atoms with Crippen LogP contribution in [-0.2, 0) is 11.2 Å². The summed E-state index contributed by atoms with van der Waals surface area (Å²) in [7, 11) is 0. The average Bonchev–Trinajstić information content (AvgIpc) is 3.46. The van der Waals surface area contributed by atoms with Gasteiger partial charge in [-0.3, -0.25) is 9.69 Å². The molecule has 2 saturated heterocycles. The minimum Gasteiger partial charge on any atom is -0.340 e. The third-order valence-corrected chi connectivity index (χ3v) is 9.62. The van der Waals surface area contributed by atoms with E-state index in [1.54, 1.807) is 0 Å². The summed E-state index contributed by atoms with van der Waals surface area (Å²) in [6.45, 7) is 28.3. The minimum absolute atomic E-state index is 0.113. The summed E-state index contributed by atoms with van der Waals surface area (Å²) in [6.07, 6.45) is 9.54. The van der Waals surface area contributed by atoms with Crippen LogP contribution in [0.4, 0.5) is 0 Å². The van der Waals surface area contributed by atoms with Crippen molar-refractivity contribution in [3.63, 3.8) is 0 Å². The van der Waals surface area contributed by atoms with Crippen molar-refractivity contribution in [2.75, 3.05) is 52.4 Å². The molecule has 1 atom stereocenters. The second-order valence-corrected chi connectivity index (χ2v) is 16.5. The number of piperidine rings is 1. The lowest BCUT2D eigenvalue weighted by atomic mass is 9.90. The number of benzene rings is 1. The van der Waals surface area contributed by atoms with Crippen LogP contribution < -0.4 is 5.32 Å². The maximum atomic E-state index is 13.3. The number of nitrogens with one attached hydrogen (secondary N) is 1. The van der Waals surface area contributed by atoms with Crippen molar-refractivity contribution in [1.29, 1.82) is 0 Å². The number of piperazine rings is 1. The molecule has 0 bridgehead atoms. The van der Waals surface area contributed by atoms with Gasteiger partial charge in [0.15, 0.2) is 0 Å². The van der Waals surface area contributed by atoms with Gasteiger partial charge in [-0.2, -0.15) is 0 Å². The molecule has 2 aromatic rings. The fourth-order valence-corrected chi connectivity index (χ4v) is 6.81. The first kappa shape index (κ1) is 34.6. The van der Waals surface area contributed by atoms with Crippen LogP contribution in [0.25, 0.3) is 11.3 Å². The summed E-state index contributed by atoms with van der Waals surface area (Å²) < 4.78 is 2.21. The van der Waals surface area contributed by atoms with E-state index in [1.165, 1.54) is 11.1 Å². The monoisotopic (exact) mass is 606 g/mol. The molecule has 2 aliphatic rings. The summed E-state index contributed by atoms with van der Waals surface area (Å²) in [5.41, 5.74) is 4.16. The third kappa shape index (κ3) is 10.1. The second-order valence-electron chi connectivity index (χ2n) is 16.5. The Bertz CT molecular complexity index is 1170. The van der Waals surface area contributed by atoms with Gasteiger partial charge in [0.1, 0.15) is 0 Å². The Hall–Kier alpha value is -2.22. The van der Waals surface area contributed by atoms with E-state index in [4.69, 9.17) is 0 Å². The quantitative estimate of drug-likeness (QED) is 0.316. The SMILES string of the molecule is C[C@H](CNC(C)(C)C)n1cnc(-c2ccc(CCCC(C)(C)N3CCN(C(=O)C4CCN(CC(C)(C)C)CC4)CC3)cc2)c1. The van der Waals surface area contributed by atoms with Crippen molar-refractivity contribution in [2.24, 2.45) is 11.3 Å². The maximum Gasteiger partial charge on any atom is 0.225 e. The lowest BCUT2D eigenvalue weighted by Crippen LogP contribution is -2.57. The molecular formula is C37H62N6O. The smallest absolute Gasteiger partial charge is 0.225 e. The number of nitrogens with zero attached hydrogens (tertiary/aromatic N) is 5. The number of aromatic nitrogens is 2. The second kappa shape index (κ2) is 14.5. The van der Waals surface area contributed by atoms with Gasteiger partial charge in [0.05, 0.1) is 12.0 Å². The maximum absolute atomic E-state index is 13.3. The summed E-state index contributed by atoms with van der Waals surface area (Å²) in [5, 5.41) is 3.58. The normalized spacial score (nSPS) is 19.0. The van der Waals surface area contributed by atoms with Crippen LogP contribution in [0.1, 0.15) is 99.6 Å². The molecular weight excluding hydrogens is 544 g/mol. The van der Waals surface area contributed by atoms with Crippen LogP contribution in [0, 0.1) is 11.3 Å². The highest BCUT2D eigenvalue weighted by Crippen LogP contribution is 2.27. The highest BCUT2D eigenvalue weighted by Gasteiger charge is 2.34. The first-order valence-corrected chi connectivity index (χ1v) is 17.2. The van der Waals surface area contributed by atoms with Gasteiger partial charge in [-0.15, -0.1) is 0 Å². The number of carbonyl (C=O) groups is 1.